The third kappa shape index (κ3) is 4.36. The first-order valence-electron chi connectivity index (χ1n) is 7.64. The summed E-state index contributed by atoms with van der Waals surface area (Å²) in [5, 5.41) is 2.90. The van der Waals surface area contributed by atoms with Crippen LogP contribution in [0.4, 0.5) is 18.0 Å². The van der Waals surface area contributed by atoms with Gasteiger partial charge in [-0.25, -0.2) is 4.79 Å². The number of carbonyl (C=O) groups excluding carboxylic acids is 2. The summed E-state index contributed by atoms with van der Waals surface area (Å²) in [6.45, 7) is 4.14. The molecule has 11 heteroatoms. The number of piperazine rings is 1. The van der Waals surface area contributed by atoms with E-state index in [4.69, 9.17) is 16.3 Å². The molecule has 0 unspecified atom stereocenters. The normalized spacial score (nSPS) is 15.4. The number of carbonyl (C=O) groups is 2. The van der Waals surface area contributed by atoms with Gasteiger partial charge >= 0.3 is 12.3 Å². The van der Waals surface area contributed by atoms with Gasteiger partial charge in [0.1, 0.15) is 6.54 Å². The lowest BCUT2D eigenvalue weighted by molar-refractivity contribution is -0.142. The summed E-state index contributed by atoms with van der Waals surface area (Å²) in [6, 6.07) is 0. The Morgan fingerprint density at radius 3 is 2.24 bits per heavy atom. The van der Waals surface area contributed by atoms with E-state index in [1.54, 1.807) is 6.92 Å². The second kappa shape index (κ2) is 7.51. The second-order valence-corrected chi connectivity index (χ2v) is 5.85. The highest BCUT2D eigenvalue weighted by atomic mass is 35.5. The number of hydrogen-bond acceptors (Lipinski definition) is 4. The van der Waals surface area contributed by atoms with Gasteiger partial charge in [0.25, 0.3) is 0 Å². The fraction of sp³-hybridized carbons (Fsp3) is 0.643. The molecular formula is C14H18ClF3N4O3. The minimum atomic E-state index is -4.68. The van der Waals surface area contributed by atoms with Crippen LogP contribution in [-0.4, -0.2) is 64.4 Å². The smallest absolute Gasteiger partial charge is 0.436 e. The van der Waals surface area contributed by atoms with Crippen molar-refractivity contribution in [3.63, 3.8) is 0 Å². The number of rotatable bonds is 3. The van der Waals surface area contributed by atoms with Crippen LogP contribution in [0.25, 0.3) is 0 Å². The van der Waals surface area contributed by atoms with E-state index in [-0.39, 0.29) is 37.8 Å². The van der Waals surface area contributed by atoms with Crippen LogP contribution in [-0.2, 0) is 22.3 Å². The van der Waals surface area contributed by atoms with Crippen LogP contribution in [0.1, 0.15) is 18.3 Å². The zero-order valence-corrected chi connectivity index (χ0v) is 14.5. The maximum atomic E-state index is 12.8. The van der Waals surface area contributed by atoms with E-state index in [1.807, 2.05) is 0 Å². The van der Waals surface area contributed by atoms with Gasteiger partial charge in [-0.2, -0.15) is 18.3 Å². The zero-order valence-electron chi connectivity index (χ0n) is 13.8. The van der Waals surface area contributed by atoms with Gasteiger partial charge in [-0.15, -0.1) is 0 Å². The maximum Gasteiger partial charge on any atom is 0.436 e. The Bertz CT molecular complexity index is 654. The van der Waals surface area contributed by atoms with E-state index in [2.05, 4.69) is 5.10 Å². The van der Waals surface area contributed by atoms with Crippen LogP contribution in [0.15, 0.2) is 0 Å². The van der Waals surface area contributed by atoms with Crippen molar-refractivity contribution in [1.29, 1.82) is 0 Å². The van der Waals surface area contributed by atoms with Crippen LogP contribution in [0.5, 0.6) is 0 Å². The molecule has 0 N–H and O–H groups in total. The lowest BCUT2D eigenvalue weighted by atomic mass is 10.3. The van der Waals surface area contributed by atoms with Crippen molar-refractivity contribution in [2.45, 2.75) is 26.6 Å². The Balaban J connectivity index is 1.99. The highest BCUT2D eigenvalue weighted by molar-refractivity contribution is 6.32. The Hall–Kier alpha value is -1.97. The van der Waals surface area contributed by atoms with Gasteiger partial charge in [0.05, 0.1) is 17.3 Å². The fourth-order valence-electron chi connectivity index (χ4n) is 2.44. The predicted molar refractivity (Wildman–Crippen MR) is 82.2 cm³/mol. The minimum absolute atomic E-state index is 0.0764. The molecule has 0 aliphatic carbocycles. The fourth-order valence-corrected chi connectivity index (χ4v) is 2.68. The molecule has 0 aromatic carbocycles. The molecule has 140 valence electrons. The zero-order chi connectivity index (χ0) is 18.8. The highest BCUT2D eigenvalue weighted by Gasteiger charge is 2.38. The maximum absolute atomic E-state index is 12.8. The number of aromatic nitrogens is 2. The molecule has 1 aliphatic heterocycles. The van der Waals surface area contributed by atoms with Crippen molar-refractivity contribution in [2.75, 3.05) is 32.8 Å². The first-order chi connectivity index (χ1) is 11.6. The average molecular weight is 383 g/mol. The standard InChI is InChI=1S/C14H18ClF3N4O3/c1-3-25-13(24)21-6-4-20(5-7-21)10(23)8-22-9(2)11(15)12(19-22)14(16,17)18/h3-8H2,1-2H3. The van der Waals surface area contributed by atoms with Crippen molar-refractivity contribution < 1.29 is 27.5 Å². The highest BCUT2D eigenvalue weighted by Crippen LogP contribution is 2.35. The molecule has 0 bridgehead atoms. The van der Waals surface area contributed by atoms with Crippen LogP contribution < -0.4 is 0 Å². The van der Waals surface area contributed by atoms with Gasteiger partial charge in [-0.05, 0) is 13.8 Å². The van der Waals surface area contributed by atoms with Gasteiger partial charge in [0.15, 0.2) is 5.69 Å². The molecule has 1 aromatic heterocycles. The van der Waals surface area contributed by atoms with Crippen molar-refractivity contribution in [3.05, 3.63) is 16.4 Å². The number of amides is 2. The molecule has 1 aliphatic rings. The second-order valence-electron chi connectivity index (χ2n) is 5.47. The molecule has 7 nitrogen and oxygen atoms in total. The molecule has 1 aromatic rings. The minimum Gasteiger partial charge on any atom is -0.450 e. The largest absolute Gasteiger partial charge is 0.450 e. The molecule has 2 heterocycles. The van der Waals surface area contributed by atoms with Gasteiger partial charge in [0, 0.05) is 26.2 Å². The van der Waals surface area contributed by atoms with Crippen LogP contribution in [0.2, 0.25) is 5.02 Å². The topological polar surface area (TPSA) is 67.7 Å². The van der Waals surface area contributed by atoms with Crippen molar-refractivity contribution in [1.82, 2.24) is 19.6 Å². The Morgan fingerprint density at radius 1 is 1.20 bits per heavy atom. The van der Waals surface area contributed by atoms with E-state index >= 15 is 0 Å². The number of nitrogens with zero attached hydrogens (tertiary/aromatic N) is 4. The summed E-state index contributed by atoms with van der Waals surface area (Å²) in [5.74, 6) is -0.389. The van der Waals surface area contributed by atoms with Crippen molar-refractivity contribution in [2.24, 2.45) is 0 Å². The lowest BCUT2D eigenvalue weighted by Crippen LogP contribution is -2.51. The van der Waals surface area contributed by atoms with Crippen molar-refractivity contribution in [3.8, 4) is 0 Å². The Morgan fingerprint density at radius 2 is 1.76 bits per heavy atom. The number of hydrogen-bond donors (Lipinski definition) is 0. The predicted octanol–water partition coefficient (Wildman–Crippen LogP) is 2.16. The van der Waals surface area contributed by atoms with Gasteiger partial charge in [-0.3, -0.25) is 9.48 Å². The Kier molecular flexibility index (Phi) is 5.81. The third-order valence-electron chi connectivity index (χ3n) is 3.85. The molecule has 1 fully saturated rings. The molecular weight excluding hydrogens is 365 g/mol. The third-order valence-corrected chi connectivity index (χ3v) is 4.30. The number of ether oxygens (including phenoxy) is 1. The van der Waals surface area contributed by atoms with E-state index < -0.39 is 23.0 Å². The van der Waals surface area contributed by atoms with Gasteiger partial charge in [0.2, 0.25) is 5.91 Å². The molecule has 0 saturated carbocycles. The first kappa shape index (κ1) is 19.4. The molecule has 0 radical (unpaired) electrons. The molecule has 0 spiro atoms. The number of halogens is 4. The average Bonchev–Trinajstić information content (AvgIpc) is 2.83. The van der Waals surface area contributed by atoms with E-state index in [0.717, 1.165) is 4.68 Å². The van der Waals surface area contributed by atoms with Crippen LogP contribution >= 0.6 is 11.6 Å². The van der Waals surface area contributed by atoms with E-state index in [1.165, 1.54) is 16.7 Å². The first-order valence-corrected chi connectivity index (χ1v) is 8.02. The quantitative estimate of drug-likeness (QED) is 0.803. The summed E-state index contributed by atoms with van der Waals surface area (Å²) in [6.07, 6.45) is -5.12. The monoisotopic (exact) mass is 382 g/mol. The van der Waals surface area contributed by atoms with Crippen LogP contribution in [0, 0.1) is 6.92 Å². The summed E-state index contributed by atoms with van der Waals surface area (Å²) < 4.78 is 44.3. The van der Waals surface area contributed by atoms with E-state index in [0.29, 0.717) is 13.1 Å². The van der Waals surface area contributed by atoms with Crippen molar-refractivity contribution >= 4 is 23.6 Å². The SMILES string of the molecule is CCOC(=O)N1CCN(C(=O)Cn2nc(C(F)(F)F)c(Cl)c2C)CC1. The van der Waals surface area contributed by atoms with Crippen LogP contribution in [0.3, 0.4) is 0 Å². The molecule has 2 amide bonds. The lowest BCUT2D eigenvalue weighted by Gasteiger charge is -2.34. The van der Waals surface area contributed by atoms with Gasteiger partial charge < -0.3 is 14.5 Å². The number of alkyl halides is 3. The molecule has 0 atom stereocenters. The molecule has 2 rings (SSSR count). The summed E-state index contributed by atoms with van der Waals surface area (Å²) in [5.41, 5.74) is -1.13. The van der Waals surface area contributed by atoms with E-state index in [9.17, 15) is 22.8 Å². The Labute approximate surface area is 147 Å². The van der Waals surface area contributed by atoms with Gasteiger partial charge in [-0.1, -0.05) is 11.6 Å². The molecule has 25 heavy (non-hydrogen) atoms. The molecule has 1 saturated heterocycles. The summed E-state index contributed by atoms with van der Waals surface area (Å²) >= 11 is 5.67. The summed E-state index contributed by atoms with van der Waals surface area (Å²) in [7, 11) is 0. The summed E-state index contributed by atoms with van der Waals surface area (Å²) in [4.78, 5) is 26.9.